The van der Waals surface area contributed by atoms with Crippen LogP contribution in [0.1, 0.15) is 5.56 Å². The van der Waals surface area contributed by atoms with Gasteiger partial charge in [0, 0.05) is 11.8 Å². The van der Waals surface area contributed by atoms with Gasteiger partial charge in [-0.15, -0.1) is 0 Å². The molecule has 0 fully saturated rings. The SMILES string of the molecule is CS(=O)(=O)CCS(=O)(=O)Nc1ccccc1C#CCN. The molecule has 0 radical (unpaired) electrons. The summed E-state index contributed by atoms with van der Waals surface area (Å²) in [7, 11) is -7.08. The van der Waals surface area contributed by atoms with Crippen molar-refractivity contribution in [1.29, 1.82) is 0 Å². The quantitative estimate of drug-likeness (QED) is 0.731. The van der Waals surface area contributed by atoms with Gasteiger partial charge in [0.1, 0.15) is 9.84 Å². The molecule has 0 saturated heterocycles. The van der Waals surface area contributed by atoms with E-state index in [4.69, 9.17) is 5.73 Å². The first kappa shape index (κ1) is 16.5. The third-order valence-corrected chi connectivity index (χ3v) is 4.72. The molecular weight excluding hydrogens is 300 g/mol. The molecule has 20 heavy (non-hydrogen) atoms. The van der Waals surface area contributed by atoms with E-state index in [0.717, 1.165) is 6.26 Å². The summed E-state index contributed by atoms with van der Waals surface area (Å²) in [4.78, 5) is 0. The van der Waals surface area contributed by atoms with E-state index in [-0.39, 0.29) is 6.54 Å². The summed E-state index contributed by atoms with van der Waals surface area (Å²) in [6, 6.07) is 6.58. The van der Waals surface area contributed by atoms with E-state index < -0.39 is 31.4 Å². The molecule has 1 aromatic carbocycles. The first-order valence-electron chi connectivity index (χ1n) is 5.70. The summed E-state index contributed by atoms with van der Waals surface area (Å²) in [5, 5.41) is 0. The Morgan fingerprint density at radius 2 is 1.80 bits per heavy atom. The molecule has 0 spiro atoms. The predicted molar refractivity (Wildman–Crippen MR) is 79.5 cm³/mol. The fraction of sp³-hybridized carbons (Fsp3) is 0.333. The lowest BCUT2D eigenvalue weighted by Crippen LogP contribution is -2.22. The van der Waals surface area contributed by atoms with Gasteiger partial charge in [0.05, 0.1) is 23.7 Å². The van der Waals surface area contributed by atoms with Crippen LogP contribution in [-0.2, 0) is 19.9 Å². The highest BCUT2D eigenvalue weighted by molar-refractivity contribution is 7.95. The van der Waals surface area contributed by atoms with Gasteiger partial charge in [0.2, 0.25) is 10.0 Å². The number of sulfonamides is 1. The van der Waals surface area contributed by atoms with Gasteiger partial charge in [-0.1, -0.05) is 24.0 Å². The Labute approximate surface area is 119 Å². The van der Waals surface area contributed by atoms with Gasteiger partial charge in [-0.2, -0.15) is 0 Å². The number of nitrogens with two attached hydrogens (primary N) is 1. The first-order valence-corrected chi connectivity index (χ1v) is 9.41. The van der Waals surface area contributed by atoms with Gasteiger partial charge in [-0.05, 0) is 12.1 Å². The molecule has 0 aliphatic carbocycles. The zero-order chi connectivity index (χ0) is 15.2. The normalized spacial score (nSPS) is 11.5. The smallest absolute Gasteiger partial charge is 0.233 e. The van der Waals surface area contributed by atoms with E-state index in [9.17, 15) is 16.8 Å². The van der Waals surface area contributed by atoms with Crippen molar-refractivity contribution in [3.63, 3.8) is 0 Å². The molecule has 1 rings (SSSR count). The number of para-hydroxylation sites is 1. The fourth-order valence-corrected chi connectivity index (χ4v) is 4.01. The maximum atomic E-state index is 11.8. The minimum absolute atomic E-state index is 0.162. The molecule has 0 saturated carbocycles. The maximum absolute atomic E-state index is 11.8. The first-order chi connectivity index (χ1) is 9.23. The second-order valence-corrected chi connectivity index (χ2v) is 8.20. The van der Waals surface area contributed by atoms with Crippen LogP contribution in [0.4, 0.5) is 5.69 Å². The van der Waals surface area contributed by atoms with E-state index >= 15 is 0 Å². The lowest BCUT2D eigenvalue weighted by Gasteiger charge is -2.09. The van der Waals surface area contributed by atoms with Crippen molar-refractivity contribution in [2.24, 2.45) is 5.73 Å². The Morgan fingerprint density at radius 3 is 2.40 bits per heavy atom. The van der Waals surface area contributed by atoms with E-state index in [1.807, 2.05) is 0 Å². The average Bonchev–Trinajstić information content (AvgIpc) is 2.34. The maximum Gasteiger partial charge on any atom is 0.233 e. The van der Waals surface area contributed by atoms with Crippen molar-refractivity contribution < 1.29 is 16.8 Å². The van der Waals surface area contributed by atoms with Crippen molar-refractivity contribution in [1.82, 2.24) is 0 Å². The average molecular weight is 316 g/mol. The monoisotopic (exact) mass is 316 g/mol. The van der Waals surface area contributed by atoms with Gasteiger partial charge in [-0.3, -0.25) is 4.72 Å². The highest BCUT2D eigenvalue weighted by Gasteiger charge is 2.15. The fourth-order valence-electron chi connectivity index (χ4n) is 1.31. The van der Waals surface area contributed by atoms with Crippen molar-refractivity contribution >= 4 is 25.5 Å². The molecule has 0 aromatic heterocycles. The van der Waals surface area contributed by atoms with Crippen LogP contribution in [0.2, 0.25) is 0 Å². The Morgan fingerprint density at radius 1 is 1.15 bits per heavy atom. The lowest BCUT2D eigenvalue weighted by molar-refractivity contribution is 0.593. The molecule has 0 unspecified atom stereocenters. The molecule has 110 valence electrons. The van der Waals surface area contributed by atoms with E-state index in [0.29, 0.717) is 11.3 Å². The highest BCUT2D eigenvalue weighted by atomic mass is 32.2. The number of anilines is 1. The van der Waals surface area contributed by atoms with Gasteiger partial charge in [0.25, 0.3) is 0 Å². The van der Waals surface area contributed by atoms with E-state index in [2.05, 4.69) is 16.6 Å². The van der Waals surface area contributed by atoms with E-state index in [1.165, 1.54) is 0 Å². The summed E-state index contributed by atoms with van der Waals surface area (Å²) >= 11 is 0. The van der Waals surface area contributed by atoms with Crippen molar-refractivity contribution in [3.8, 4) is 11.8 Å². The molecule has 6 nitrogen and oxygen atoms in total. The molecule has 0 aliphatic rings. The van der Waals surface area contributed by atoms with Crippen molar-refractivity contribution in [3.05, 3.63) is 29.8 Å². The third kappa shape index (κ3) is 6.06. The van der Waals surface area contributed by atoms with Gasteiger partial charge >= 0.3 is 0 Å². The highest BCUT2D eigenvalue weighted by Crippen LogP contribution is 2.15. The zero-order valence-electron chi connectivity index (χ0n) is 11.0. The zero-order valence-corrected chi connectivity index (χ0v) is 12.6. The standard InChI is InChI=1S/C12H16N2O4S2/c1-19(15,16)9-10-20(17,18)14-12-7-3-2-5-11(12)6-4-8-13/h2-3,5,7,14H,8-10,13H2,1H3. The van der Waals surface area contributed by atoms with Crippen LogP contribution in [0.5, 0.6) is 0 Å². The van der Waals surface area contributed by atoms with Crippen molar-refractivity contribution in [2.75, 3.05) is 29.0 Å². The molecular formula is C12H16N2O4S2. The van der Waals surface area contributed by atoms with Gasteiger partial charge in [0.15, 0.2) is 0 Å². The predicted octanol–water partition coefficient (Wildman–Crippen LogP) is -0.217. The molecule has 0 bridgehead atoms. The third-order valence-electron chi connectivity index (χ3n) is 2.24. The molecule has 0 heterocycles. The van der Waals surface area contributed by atoms with Gasteiger partial charge < -0.3 is 5.73 Å². The van der Waals surface area contributed by atoms with Gasteiger partial charge in [-0.25, -0.2) is 16.8 Å². The number of rotatable bonds is 5. The summed E-state index contributed by atoms with van der Waals surface area (Å²) in [6.07, 6.45) is 0.989. The van der Waals surface area contributed by atoms with E-state index in [1.54, 1.807) is 24.3 Å². The topological polar surface area (TPSA) is 106 Å². The summed E-state index contributed by atoms with van der Waals surface area (Å²) in [5.41, 5.74) is 6.06. The van der Waals surface area contributed by atoms with Crippen LogP contribution in [-0.4, -0.2) is 41.1 Å². The van der Waals surface area contributed by atoms with Crippen LogP contribution < -0.4 is 10.5 Å². The number of hydrogen-bond donors (Lipinski definition) is 2. The van der Waals surface area contributed by atoms with Crippen LogP contribution in [0, 0.1) is 11.8 Å². The second kappa shape index (κ2) is 6.74. The van der Waals surface area contributed by atoms with Crippen LogP contribution in [0.25, 0.3) is 0 Å². The number of sulfone groups is 1. The molecule has 3 N–H and O–H groups in total. The van der Waals surface area contributed by atoms with Crippen molar-refractivity contribution in [2.45, 2.75) is 0 Å². The lowest BCUT2D eigenvalue weighted by atomic mass is 10.2. The number of benzene rings is 1. The Kier molecular flexibility index (Phi) is 5.56. The minimum Gasteiger partial charge on any atom is -0.320 e. The molecule has 0 amide bonds. The van der Waals surface area contributed by atoms with Crippen LogP contribution in [0.15, 0.2) is 24.3 Å². The van der Waals surface area contributed by atoms with Crippen LogP contribution in [0.3, 0.4) is 0 Å². The Bertz CT molecular complexity index is 728. The second-order valence-electron chi connectivity index (χ2n) is 4.10. The number of hydrogen-bond acceptors (Lipinski definition) is 5. The molecule has 0 atom stereocenters. The summed E-state index contributed by atoms with van der Waals surface area (Å²) in [6.45, 7) is 0.162. The summed E-state index contributed by atoms with van der Waals surface area (Å²) in [5.74, 6) is 4.45. The number of nitrogens with one attached hydrogen (secondary N) is 1. The molecule has 0 aliphatic heterocycles. The minimum atomic E-state index is -3.74. The molecule has 8 heteroatoms. The molecule has 1 aromatic rings. The Hall–Kier alpha value is -1.56. The largest absolute Gasteiger partial charge is 0.320 e. The van der Waals surface area contributed by atoms with Crippen LogP contribution >= 0.6 is 0 Å². The Balaban J connectivity index is 2.93. The summed E-state index contributed by atoms with van der Waals surface area (Å²) < 4.78 is 48.0.